The van der Waals surface area contributed by atoms with Gasteiger partial charge in [-0.2, -0.15) is 0 Å². The van der Waals surface area contributed by atoms with E-state index in [1.807, 2.05) is 4.72 Å². The largest absolute Gasteiger partial charge is 0.351 e. The third-order valence-electron chi connectivity index (χ3n) is 8.96. The Morgan fingerprint density at radius 1 is 0.917 bits per heavy atom. The van der Waals surface area contributed by atoms with Crippen LogP contribution in [0.25, 0.3) is 21.8 Å². The van der Waals surface area contributed by atoms with Crippen molar-refractivity contribution in [3.05, 3.63) is 66.1 Å². The summed E-state index contributed by atoms with van der Waals surface area (Å²) < 4.78 is 97.1. The van der Waals surface area contributed by atoms with Crippen LogP contribution < -0.4 is 14.9 Å². The lowest BCUT2D eigenvalue weighted by Gasteiger charge is -2.39. The molecule has 17 heteroatoms. The van der Waals surface area contributed by atoms with E-state index in [0.717, 1.165) is 44.1 Å². The Morgan fingerprint density at radius 2 is 1.58 bits per heavy atom. The van der Waals surface area contributed by atoms with Gasteiger partial charge in [-0.1, -0.05) is 23.5 Å². The monoisotopic (exact) mass is 719 g/mol. The molecule has 2 atom stereocenters. The van der Waals surface area contributed by atoms with Crippen molar-refractivity contribution < 1.29 is 30.0 Å². The fourth-order valence-electron chi connectivity index (χ4n) is 6.70. The normalized spacial score (nSPS) is 21.4. The molecule has 2 bridgehead atoms. The quantitative estimate of drug-likeness (QED) is 0.262. The SMILES string of the molecule is CN1CC2CCC(C1)N2c1nc(-c2cccc(NS(=O)(=O)c3c(F)cccc3F)c2F)c(-c2ccnc(NC3CCS(=O)(=O)CC3)n2)s1. The Labute approximate surface area is 280 Å². The second-order valence-electron chi connectivity index (χ2n) is 12.3. The van der Waals surface area contributed by atoms with E-state index in [9.17, 15) is 25.6 Å². The van der Waals surface area contributed by atoms with Crippen LogP contribution in [-0.4, -0.2) is 86.5 Å². The molecule has 254 valence electrons. The number of likely N-dealkylation sites (N-methyl/N-ethyl adjacent to an activating group) is 1. The molecule has 5 heterocycles. The average molecular weight is 720 g/mol. The highest BCUT2D eigenvalue weighted by atomic mass is 32.2. The van der Waals surface area contributed by atoms with E-state index in [4.69, 9.17) is 9.97 Å². The number of likely N-dealkylation sites (tertiary alicyclic amines) is 1. The number of fused-ring (bicyclic) bond motifs is 2. The van der Waals surface area contributed by atoms with Crippen LogP contribution in [0.5, 0.6) is 0 Å². The van der Waals surface area contributed by atoms with Crippen LogP contribution in [0.3, 0.4) is 0 Å². The maximum absolute atomic E-state index is 16.4. The molecule has 3 aliphatic rings. The van der Waals surface area contributed by atoms with E-state index >= 15 is 4.39 Å². The summed E-state index contributed by atoms with van der Waals surface area (Å²) in [6.45, 7) is 1.69. The van der Waals surface area contributed by atoms with Gasteiger partial charge in [-0.25, -0.2) is 45.0 Å². The van der Waals surface area contributed by atoms with Gasteiger partial charge in [-0.3, -0.25) is 4.72 Å². The van der Waals surface area contributed by atoms with E-state index in [2.05, 4.69) is 27.1 Å². The summed E-state index contributed by atoms with van der Waals surface area (Å²) in [4.78, 5) is 17.8. The van der Waals surface area contributed by atoms with E-state index in [-0.39, 0.29) is 46.8 Å². The number of sulfone groups is 1. The predicted octanol–water partition coefficient (Wildman–Crippen LogP) is 4.76. The minimum absolute atomic E-state index is 0.0335. The Bertz CT molecular complexity index is 2050. The molecule has 2 aromatic carbocycles. The Hall–Kier alpha value is -3.80. The van der Waals surface area contributed by atoms with Gasteiger partial charge < -0.3 is 15.1 Å². The highest BCUT2D eigenvalue weighted by molar-refractivity contribution is 7.92. The number of piperazine rings is 1. The minimum Gasteiger partial charge on any atom is -0.351 e. The molecule has 0 amide bonds. The molecule has 48 heavy (non-hydrogen) atoms. The first-order valence-electron chi connectivity index (χ1n) is 15.4. The third-order valence-corrected chi connectivity index (χ3v) is 13.2. The molecule has 0 aliphatic carbocycles. The number of anilines is 3. The standard InChI is InChI=1S/C31H32F3N7O4S3/c1-40-16-19-8-9-20(17-40)41(19)31-38-27(28(46-31)25-10-13-35-30(37-25)36-18-11-14-47(42,43)15-12-18)21-4-2-7-24(26(21)34)39-48(44,45)29-22(32)5-3-6-23(29)33/h2-7,10,13,18-20,39H,8-9,11-12,14-17H2,1H3,(H,35,36,37). The number of hydrogen-bond acceptors (Lipinski definition) is 11. The topological polar surface area (TPSA) is 137 Å². The van der Waals surface area contributed by atoms with Gasteiger partial charge in [-0.05, 0) is 63.1 Å². The second-order valence-corrected chi connectivity index (χ2v) is 17.2. The number of hydrogen-bond donors (Lipinski definition) is 2. The number of thiazole rings is 1. The van der Waals surface area contributed by atoms with Crippen LogP contribution in [0.1, 0.15) is 25.7 Å². The molecule has 3 aliphatic heterocycles. The molecular weight excluding hydrogens is 688 g/mol. The molecule has 3 fully saturated rings. The van der Waals surface area contributed by atoms with E-state index in [1.165, 1.54) is 29.5 Å². The van der Waals surface area contributed by atoms with Crippen molar-refractivity contribution in [3.8, 4) is 21.8 Å². The molecule has 4 aromatic rings. The number of nitrogens with one attached hydrogen (secondary N) is 2. The number of sulfonamides is 1. The lowest BCUT2D eigenvalue weighted by atomic mass is 10.1. The van der Waals surface area contributed by atoms with Gasteiger partial charge in [0.25, 0.3) is 10.0 Å². The zero-order valence-corrected chi connectivity index (χ0v) is 28.2. The van der Waals surface area contributed by atoms with Gasteiger partial charge in [0.2, 0.25) is 5.95 Å². The molecule has 0 saturated carbocycles. The fourth-order valence-corrected chi connectivity index (χ4v) is 10.6. The summed E-state index contributed by atoms with van der Waals surface area (Å²) in [6, 6.07) is 8.66. The molecule has 0 spiro atoms. The summed E-state index contributed by atoms with van der Waals surface area (Å²) in [6.07, 6.45) is 4.36. The first-order valence-corrected chi connectivity index (χ1v) is 19.5. The molecule has 2 aromatic heterocycles. The fraction of sp³-hybridized carbons (Fsp3) is 0.387. The number of rotatable bonds is 8. The highest BCUT2D eigenvalue weighted by Gasteiger charge is 2.41. The van der Waals surface area contributed by atoms with Crippen molar-refractivity contribution in [2.24, 2.45) is 0 Å². The lowest BCUT2D eigenvalue weighted by Crippen LogP contribution is -2.52. The van der Waals surface area contributed by atoms with Gasteiger partial charge in [-0.15, -0.1) is 0 Å². The summed E-state index contributed by atoms with van der Waals surface area (Å²) in [5.41, 5.74) is 0.119. The first-order chi connectivity index (χ1) is 22.9. The molecule has 11 nitrogen and oxygen atoms in total. The smallest absolute Gasteiger partial charge is 0.267 e. The second kappa shape index (κ2) is 12.6. The van der Waals surface area contributed by atoms with Crippen molar-refractivity contribution in [2.75, 3.05) is 46.6 Å². The predicted molar refractivity (Wildman–Crippen MR) is 178 cm³/mol. The van der Waals surface area contributed by atoms with Crippen LogP contribution in [0.15, 0.2) is 53.6 Å². The number of halogens is 3. The molecule has 7 rings (SSSR count). The lowest BCUT2D eigenvalue weighted by molar-refractivity contribution is 0.264. The molecular formula is C31H32F3N7O4S3. The van der Waals surface area contributed by atoms with Crippen molar-refractivity contribution in [3.63, 3.8) is 0 Å². The number of nitrogens with zero attached hydrogens (tertiary/aromatic N) is 5. The van der Waals surface area contributed by atoms with Crippen LogP contribution in [0.4, 0.5) is 29.9 Å². The van der Waals surface area contributed by atoms with Crippen molar-refractivity contribution in [1.29, 1.82) is 0 Å². The van der Waals surface area contributed by atoms with Crippen molar-refractivity contribution in [1.82, 2.24) is 19.9 Å². The zero-order chi connectivity index (χ0) is 33.8. The summed E-state index contributed by atoms with van der Waals surface area (Å²) in [5, 5.41) is 3.90. The van der Waals surface area contributed by atoms with Crippen LogP contribution in [0, 0.1) is 17.5 Å². The average Bonchev–Trinajstić information content (AvgIpc) is 3.57. The van der Waals surface area contributed by atoms with Gasteiger partial charge >= 0.3 is 0 Å². The van der Waals surface area contributed by atoms with Crippen LogP contribution in [0.2, 0.25) is 0 Å². The Kier molecular flexibility index (Phi) is 8.58. The van der Waals surface area contributed by atoms with Crippen molar-refractivity contribution >= 4 is 48.0 Å². The van der Waals surface area contributed by atoms with Crippen LogP contribution >= 0.6 is 11.3 Å². The highest BCUT2D eigenvalue weighted by Crippen LogP contribution is 2.45. The number of benzene rings is 2. The van der Waals surface area contributed by atoms with E-state index in [0.29, 0.717) is 28.5 Å². The van der Waals surface area contributed by atoms with E-state index < -0.39 is 47.9 Å². The van der Waals surface area contributed by atoms with E-state index in [1.54, 1.807) is 12.3 Å². The van der Waals surface area contributed by atoms with Gasteiger partial charge in [0.15, 0.2) is 15.8 Å². The van der Waals surface area contributed by atoms with Gasteiger partial charge in [0.05, 0.1) is 33.5 Å². The Morgan fingerprint density at radius 3 is 2.27 bits per heavy atom. The zero-order valence-electron chi connectivity index (χ0n) is 25.7. The van der Waals surface area contributed by atoms with Gasteiger partial charge in [0.1, 0.15) is 21.5 Å². The Balaban J connectivity index is 1.28. The summed E-state index contributed by atoms with van der Waals surface area (Å²) in [7, 11) is -5.83. The maximum atomic E-state index is 16.4. The summed E-state index contributed by atoms with van der Waals surface area (Å²) >= 11 is 1.34. The molecule has 2 N–H and O–H groups in total. The molecule has 2 unspecified atom stereocenters. The van der Waals surface area contributed by atoms with Crippen LogP contribution in [-0.2, 0) is 19.9 Å². The maximum Gasteiger partial charge on any atom is 0.267 e. The first kappa shape index (κ1) is 32.7. The molecule has 0 radical (unpaired) electrons. The minimum atomic E-state index is -4.85. The van der Waals surface area contributed by atoms with Crippen molar-refractivity contribution in [2.45, 2.75) is 48.7 Å². The van der Waals surface area contributed by atoms with Gasteiger partial charge in [0, 0.05) is 43.0 Å². The third kappa shape index (κ3) is 6.35. The number of aromatic nitrogens is 3. The summed E-state index contributed by atoms with van der Waals surface area (Å²) in [5.74, 6) is -3.17. The molecule has 3 saturated heterocycles.